The van der Waals surface area contributed by atoms with E-state index in [0.29, 0.717) is 13.0 Å². The Hall–Kier alpha value is -3.06. The molecule has 1 fully saturated rings. The van der Waals surface area contributed by atoms with Crippen LogP contribution >= 0.6 is 0 Å². The molecule has 35 heavy (non-hydrogen) atoms. The third kappa shape index (κ3) is 7.46. The number of aliphatic carboxylic acids is 1. The first-order valence-electron chi connectivity index (χ1n) is 11.1. The number of rotatable bonds is 8. The summed E-state index contributed by atoms with van der Waals surface area (Å²) in [4.78, 5) is 29.4. The van der Waals surface area contributed by atoms with Gasteiger partial charge in [-0.15, -0.1) is 0 Å². The molecule has 0 amide bonds. The average molecular weight is 495 g/mol. The van der Waals surface area contributed by atoms with Crippen molar-refractivity contribution in [3.63, 3.8) is 0 Å². The number of aliphatic hydroxyl groups excluding tert-OH is 3. The maximum absolute atomic E-state index is 11.5. The Morgan fingerprint density at radius 1 is 1.26 bits per heavy atom. The fourth-order valence-corrected chi connectivity index (χ4v) is 3.31. The van der Waals surface area contributed by atoms with Crippen molar-refractivity contribution in [2.45, 2.75) is 65.1 Å². The van der Waals surface area contributed by atoms with Gasteiger partial charge in [-0.1, -0.05) is 12.1 Å². The Morgan fingerprint density at radius 2 is 1.94 bits per heavy atom. The van der Waals surface area contributed by atoms with E-state index < -0.39 is 48.2 Å². The summed E-state index contributed by atoms with van der Waals surface area (Å²) in [5, 5.41) is 37.1. The van der Waals surface area contributed by atoms with Crippen molar-refractivity contribution in [2.24, 2.45) is 5.41 Å². The third-order valence-corrected chi connectivity index (χ3v) is 5.66. The van der Waals surface area contributed by atoms with Crippen LogP contribution in [0.15, 0.2) is 29.3 Å². The maximum Gasteiger partial charge on any atom is 0.354 e. The molecular weight excluding hydrogens is 460 g/mol. The lowest BCUT2D eigenvalue weighted by atomic mass is 9.88. The summed E-state index contributed by atoms with van der Waals surface area (Å²) in [6, 6.07) is 6.10. The standard InChI is InChI=1S/C15H22O3.C8H12N4O5/c1-11-6-7-12(2)13(10-11)18-9-5-8-15(3,4)14(16)17;9-7-10-2-12(8(16)11-7)6-5(15)4(14)3(1-13)17-6/h6-7,10H,5,8-9H2,1-4H3,(H,16,17);2-6,13-15H,1H2,(H2,9,11,16)/t;3-,4-,5-,6-/m.1/s1. The number of carboxylic acids is 1. The van der Waals surface area contributed by atoms with E-state index in [1.165, 1.54) is 5.56 Å². The number of carbonyl (C=O) groups is 1. The number of aryl methyl sites for hydroxylation is 2. The molecule has 12 heteroatoms. The highest BCUT2D eigenvalue weighted by atomic mass is 16.6. The van der Waals surface area contributed by atoms with Gasteiger partial charge in [-0.2, -0.15) is 4.98 Å². The molecule has 2 heterocycles. The van der Waals surface area contributed by atoms with Crippen LogP contribution < -0.4 is 16.2 Å². The van der Waals surface area contributed by atoms with Gasteiger partial charge in [-0.25, -0.2) is 9.78 Å². The van der Waals surface area contributed by atoms with Crippen molar-refractivity contribution in [1.82, 2.24) is 14.5 Å². The third-order valence-electron chi connectivity index (χ3n) is 5.66. The number of carboxylic acid groups (broad SMARTS) is 1. The van der Waals surface area contributed by atoms with Gasteiger partial charge < -0.3 is 35.6 Å². The number of aromatic nitrogens is 3. The lowest BCUT2D eigenvalue weighted by molar-refractivity contribution is -0.147. The van der Waals surface area contributed by atoms with Crippen LogP contribution in [0, 0.1) is 19.3 Å². The van der Waals surface area contributed by atoms with Crippen molar-refractivity contribution in [2.75, 3.05) is 18.9 Å². The van der Waals surface area contributed by atoms with Gasteiger partial charge in [0.1, 0.15) is 30.4 Å². The zero-order valence-corrected chi connectivity index (χ0v) is 20.3. The first-order valence-corrected chi connectivity index (χ1v) is 11.1. The van der Waals surface area contributed by atoms with Gasteiger partial charge in [-0.3, -0.25) is 9.36 Å². The van der Waals surface area contributed by atoms with Crippen LogP contribution in [0.3, 0.4) is 0 Å². The van der Waals surface area contributed by atoms with Crippen molar-refractivity contribution < 1.29 is 34.7 Å². The Balaban J connectivity index is 0.000000247. The topological polar surface area (TPSA) is 190 Å². The van der Waals surface area contributed by atoms with Gasteiger partial charge in [0.2, 0.25) is 5.95 Å². The number of ether oxygens (including phenoxy) is 2. The number of anilines is 1. The van der Waals surface area contributed by atoms with E-state index in [0.717, 1.165) is 28.6 Å². The summed E-state index contributed by atoms with van der Waals surface area (Å²) >= 11 is 0. The summed E-state index contributed by atoms with van der Waals surface area (Å²) in [6.45, 7) is 7.61. The molecule has 1 aliphatic heterocycles. The second-order valence-electron chi connectivity index (χ2n) is 9.04. The number of nitrogen functional groups attached to an aromatic ring is 1. The van der Waals surface area contributed by atoms with Gasteiger partial charge in [0, 0.05) is 0 Å². The monoisotopic (exact) mass is 494 g/mol. The Morgan fingerprint density at radius 3 is 2.51 bits per heavy atom. The van der Waals surface area contributed by atoms with Gasteiger partial charge in [-0.05, 0) is 57.7 Å². The van der Waals surface area contributed by atoms with Crippen LogP contribution in [0.4, 0.5) is 5.95 Å². The van der Waals surface area contributed by atoms with Gasteiger partial charge in [0.25, 0.3) is 0 Å². The lowest BCUT2D eigenvalue weighted by Crippen LogP contribution is -2.36. The molecule has 0 spiro atoms. The summed E-state index contributed by atoms with van der Waals surface area (Å²) in [6.07, 6.45) is -2.31. The molecule has 0 aliphatic carbocycles. The molecule has 0 radical (unpaired) electrons. The SMILES string of the molecule is Cc1ccc(C)c(OCCCC(C)(C)C(=O)O)c1.Nc1ncn([C@@H]2O[C@H](CO)[C@@H](O)[C@H]2O)c(=O)n1. The Labute approximate surface area is 203 Å². The van der Waals surface area contributed by atoms with Crippen molar-refractivity contribution in [3.8, 4) is 5.75 Å². The lowest BCUT2D eigenvalue weighted by Gasteiger charge is -2.19. The molecule has 12 nitrogen and oxygen atoms in total. The van der Waals surface area contributed by atoms with E-state index in [1.807, 2.05) is 26.0 Å². The molecule has 1 aliphatic rings. The number of benzene rings is 1. The molecule has 1 saturated heterocycles. The first kappa shape index (κ1) is 28.2. The maximum atomic E-state index is 11.5. The van der Waals surface area contributed by atoms with Gasteiger partial charge >= 0.3 is 11.7 Å². The van der Waals surface area contributed by atoms with Gasteiger partial charge in [0.05, 0.1) is 18.6 Å². The molecule has 0 saturated carbocycles. The normalized spacial score (nSPS) is 21.8. The fourth-order valence-electron chi connectivity index (χ4n) is 3.31. The van der Waals surface area contributed by atoms with Gasteiger partial charge in [0.15, 0.2) is 6.23 Å². The van der Waals surface area contributed by atoms with Crippen LogP contribution in [-0.4, -0.2) is 72.5 Å². The predicted molar refractivity (Wildman–Crippen MR) is 126 cm³/mol. The number of hydrogen-bond acceptors (Lipinski definition) is 10. The van der Waals surface area contributed by atoms with Crippen LogP contribution in [0.5, 0.6) is 5.75 Å². The van der Waals surface area contributed by atoms with E-state index in [1.54, 1.807) is 13.8 Å². The number of nitrogens with two attached hydrogens (primary N) is 1. The van der Waals surface area contributed by atoms with Crippen molar-refractivity contribution in [1.29, 1.82) is 0 Å². The molecule has 0 unspecified atom stereocenters. The highest BCUT2D eigenvalue weighted by Crippen LogP contribution is 2.28. The summed E-state index contributed by atoms with van der Waals surface area (Å²) in [5.41, 5.74) is 6.06. The molecule has 2 aromatic rings. The summed E-state index contributed by atoms with van der Waals surface area (Å²) in [5.74, 6) is -0.0599. The largest absolute Gasteiger partial charge is 0.493 e. The average Bonchev–Trinajstić information content (AvgIpc) is 3.07. The van der Waals surface area contributed by atoms with Crippen molar-refractivity contribution >= 4 is 11.9 Å². The number of aliphatic hydroxyl groups is 3. The summed E-state index contributed by atoms with van der Waals surface area (Å²) < 4.78 is 11.7. The number of hydrogen-bond donors (Lipinski definition) is 5. The quantitative estimate of drug-likeness (QED) is 0.319. The van der Waals surface area contributed by atoms with Crippen LogP contribution in [-0.2, 0) is 9.53 Å². The van der Waals surface area contributed by atoms with Crippen molar-refractivity contribution in [3.05, 3.63) is 46.1 Å². The minimum absolute atomic E-state index is 0.196. The molecule has 3 rings (SSSR count). The second kappa shape index (κ2) is 12.1. The van der Waals surface area contributed by atoms with E-state index >= 15 is 0 Å². The molecular formula is C23H34N4O8. The van der Waals surface area contributed by atoms with Crippen LogP contribution in [0.1, 0.15) is 44.0 Å². The minimum Gasteiger partial charge on any atom is -0.493 e. The molecule has 1 aromatic carbocycles. The molecule has 0 bridgehead atoms. The van der Waals surface area contributed by atoms with E-state index in [4.69, 9.17) is 25.4 Å². The molecule has 1 aromatic heterocycles. The van der Waals surface area contributed by atoms with E-state index in [9.17, 15) is 19.8 Å². The second-order valence-corrected chi connectivity index (χ2v) is 9.04. The summed E-state index contributed by atoms with van der Waals surface area (Å²) in [7, 11) is 0. The first-order chi connectivity index (χ1) is 16.4. The highest BCUT2D eigenvalue weighted by molar-refractivity contribution is 5.73. The fraction of sp³-hybridized carbons (Fsp3) is 0.565. The zero-order valence-electron chi connectivity index (χ0n) is 20.3. The minimum atomic E-state index is -1.35. The van der Waals surface area contributed by atoms with E-state index in [2.05, 4.69) is 16.0 Å². The molecule has 4 atom stereocenters. The smallest absolute Gasteiger partial charge is 0.354 e. The predicted octanol–water partition coefficient (Wildman–Crippen LogP) is 0.405. The molecule has 194 valence electrons. The Kier molecular flexibility index (Phi) is 9.72. The van der Waals surface area contributed by atoms with Crippen LogP contribution in [0.2, 0.25) is 0 Å². The zero-order chi connectivity index (χ0) is 26.3. The highest BCUT2D eigenvalue weighted by Gasteiger charge is 2.43. The Bertz CT molecular complexity index is 1060. The van der Waals surface area contributed by atoms with E-state index in [-0.39, 0.29) is 5.95 Å². The molecule has 6 N–H and O–H groups in total. The number of nitrogens with zero attached hydrogens (tertiary/aromatic N) is 3. The van der Waals surface area contributed by atoms with Crippen LogP contribution in [0.25, 0.3) is 0 Å².